The van der Waals surface area contributed by atoms with Crippen LogP contribution in [0.4, 0.5) is 0 Å². The second kappa shape index (κ2) is 5.02. The lowest BCUT2D eigenvalue weighted by atomic mass is 9.74. The summed E-state index contributed by atoms with van der Waals surface area (Å²) in [4.78, 5) is 0. The van der Waals surface area contributed by atoms with Crippen LogP contribution in [0.3, 0.4) is 0 Å². The zero-order chi connectivity index (χ0) is 12.4. The van der Waals surface area contributed by atoms with E-state index in [2.05, 4.69) is 24.3 Å². The summed E-state index contributed by atoms with van der Waals surface area (Å²) in [5.74, 6) is 0. The normalized spacial score (nSPS) is 31.3. The number of nitrogens with two attached hydrogens (primary N) is 1. The Morgan fingerprint density at radius 1 is 1.28 bits per heavy atom. The fourth-order valence-electron chi connectivity index (χ4n) is 3.50. The minimum absolute atomic E-state index is 0.110. The molecule has 1 aliphatic heterocycles. The van der Waals surface area contributed by atoms with E-state index in [-0.39, 0.29) is 5.54 Å². The Bertz CT molecular complexity index is 411. The van der Waals surface area contributed by atoms with E-state index in [1.54, 1.807) is 0 Å². The molecule has 0 amide bonds. The van der Waals surface area contributed by atoms with E-state index in [0.29, 0.717) is 6.10 Å². The molecule has 0 aromatic heterocycles. The van der Waals surface area contributed by atoms with Crippen molar-refractivity contribution in [1.82, 2.24) is 0 Å². The van der Waals surface area contributed by atoms with Gasteiger partial charge >= 0.3 is 0 Å². The highest BCUT2D eigenvalue weighted by atomic mass is 16.5. The van der Waals surface area contributed by atoms with E-state index in [1.165, 1.54) is 36.8 Å². The van der Waals surface area contributed by atoms with Crippen molar-refractivity contribution in [2.75, 3.05) is 6.61 Å². The molecule has 18 heavy (non-hydrogen) atoms. The van der Waals surface area contributed by atoms with E-state index < -0.39 is 0 Å². The van der Waals surface area contributed by atoms with Gasteiger partial charge in [-0.1, -0.05) is 24.3 Å². The van der Waals surface area contributed by atoms with Gasteiger partial charge in [-0.15, -0.1) is 0 Å². The van der Waals surface area contributed by atoms with Crippen LogP contribution in [0.15, 0.2) is 24.3 Å². The van der Waals surface area contributed by atoms with Crippen LogP contribution in [0.2, 0.25) is 0 Å². The van der Waals surface area contributed by atoms with Crippen LogP contribution in [0.1, 0.15) is 49.7 Å². The molecule has 2 N–H and O–H groups in total. The smallest absolute Gasteiger partial charge is 0.0576 e. The van der Waals surface area contributed by atoms with E-state index in [1.807, 2.05) is 0 Å². The van der Waals surface area contributed by atoms with Crippen LogP contribution in [-0.4, -0.2) is 12.7 Å². The zero-order valence-electron chi connectivity index (χ0n) is 11.0. The van der Waals surface area contributed by atoms with Crippen molar-refractivity contribution < 1.29 is 4.74 Å². The van der Waals surface area contributed by atoms with Crippen molar-refractivity contribution in [2.24, 2.45) is 5.73 Å². The standard InChI is InChI=1S/C16H23NO/c17-16(11-9-14-7-4-12-18-14)10-3-6-13-5-1-2-8-15(13)16/h1-2,5,8,14H,3-4,6-7,9-12,17H2. The maximum atomic E-state index is 6.69. The van der Waals surface area contributed by atoms with E-state index in [9.17, 15) is 0 Å². The number of ether oxygens (including phenoxy) is 1. The van der Waals surface area contributed by atoms with Crippen LogP contribution in [0, 0.1) is 0 Å². The molecule has 0 bridgehead atoms. The monoisotopic (exact) mass is 245 g/mol. The van der Waals surface area contributed by atoms with Crippen LogP contribution in [0.25, 0.3) is 0 Å². The molecule has 1 saturated heterocycles. The third kappa shape index (κ3) is 2.32. The maximum Gasteiger partial charge on any atom is 0.0576 e. The summed E-state index contributed by atoms with van der Waals surface area (Å²) in [5, 5.41) is 0. The molecule has 0 radical (unpaired) electrons. The van der Waals surface area contributed by atoms with Gasteiger partial charge in [-0.3, -0.25) is 0 Å². The molecule has 3 rings (SSSR count). The van der Waals surface area contributed by atoms with E-state index in [0.717, 1.165) is 25.9 Å². The first-order valence-electron chi connectivity index (χ1n) is 7.27. The number of rotatable bonds is 3. The summed E-state index contributed by atoms with van der Waals surface area (Å²) < 4.78 is 5.72. The lowest BCUT2D eigenvalue weighted by Crippen LogP contribution is -2.40. The van der Waals surface area contributed by atoms with Crippen LogP contribution >= 0.6 is 0 Å². The van der Waals surface area contributed by atoms with Crippen molar-refractivity contribution in [3.63, 3.8) is 0 Å². The molecular weight excluding hydrogens is 222 g/mol. The SMILES string of the molecule is NC1(CCC2CCCO2)CCCc2ccccc21. The van der Waals surface area contributed by atoms with Gasteiger partial charge in [-0.25, -0.2) is 0 Å². The number of aryl methyl sites for hydroxylation is 1. The Hall–Kier alpha value is -0.860. The molecule has 1 aromatic rings. The average Bonchev–Trinajstić information content (AvgIpc) is 2.90. The molecule has 2 aliphatic rings. The topological polar surface area (TPSA) is 35.2 Å². The molecule has 1 aromatic carbocycles. The van der Waals surface area contributed by atoms with Crippen LogP contribution in [-0.2, 0) is 16.7 Å². The highest BCUT2D eigenvalue weighted by Crippen LogP contribution is 2.37. The van der Waals surface area contributed by atoms with Crippen molar-refractivity contribution in [2.45, 2.75) is 56.6 Å². The number of benzene rings is 1. The van der Waals surface area contributed by atoms with Gasteiger partial charge in [-0.05, 0) is 56.1 Å². The first kappa shape index (κ1) is 12.2. The van der Waals surface area contributed by atoms with Gasteiger partial charge in [-0.2, -0.15) is 0 Å². The molecule has 0 saturated carbocycles. The van der Waals surface area contributed by atoms with Gasteiger partial charge in [0.2, 0.25) is 0 Å². The Morgan fingerprint density at radius 2 is 2.17 bits per heavy atom. The molecule has 1 fully saturated rings. The van der Waals surface area contributed by atoms with Crippen molar-refractivity contribution in [3.8, 4) is 0 Å². The second-order valence-electron chi connectivity index (χ2n) is 5.84. The summed E-state index contributed by atoms with van der Waals surface area (Å²) in [6.45, 7) is 0.943. The van der Waals surface area contributed by atoms with Gasteiger partial charge < -0.3 is 10.5 Å². The lowest BCUT2D eigenvalue weighted by molar-refractivity contribution is 0.0942. The highest BCUT2D eigenvalue weighted by Gasteiger charge is 2.33. The van der Waals surface area contributed by atoms with E-state index in [4.69, 9.17) is 10.5 Å². The first-order valence-corrected chi connectivity index (χ1v) is 7.27. The Kier molecular flexibility index (Phi) is 3.40. The number of hydrogen-bond donors (Lipinski definition) is 1. The molecular formula is C16H23NO. The first-order chi connectivity index (χ1) is 8.78. The predicted octanol–water partition coefficient (Wildman–Crippen LogP) is 3.14. The summed E-state index contributed by atoms with van der Waals surface area (Å²) >= 11 is 0. The Labute approximate surface area is 110 Å². The molecule has 1 aliphatic carbocycles. The third-order valence-corrected chi connectivity index (χ3v) is 4.56. The van der Waals surface area contributed by atoms with Crippen LogP contribution < -0.4 is 5.73 Å². The lowest BCUT2D eigenvalue weighted by Gasteiger charge is -2.36. The summed E-state index contributed by atoms with van der Waals surface area (Å²) in [6, 6.07) is 8.72. The largest absolute Gasteiger partial charge is 0.378 e. The van der Waals surface area contributed by atoms with Gasteiger partial charge in [0, 0.05) is 12.1 Å². The summed E-state index contributed by atoms with van der Waals surface area (Å²) in [5.41, 5.74) is 9.42. The van der Waals surface area contributed by atoms with Gasteiger partial charge in [0.1, 0.15) is 0 Å². The fourth-order valence-corrected chi connectivity index (χ4v) is 3.50. The van der Waals surface area contributed by atoms with Crippen LogP contribution in [0.5, 0.6) is 0 Å². The summed E-state index contributed by atoms with van der Waals surface area (Å²) in [7, 11) is 0. The maximum absolute atomic E-state index is 6.69. The quantitative estimate of drug-likeness (QED) is 0.888. The third-order valence-electron chi connectivity index (χ3n) is 4.56. The van der Waals surface area contributed by atoms with Crippen molar-refractivity contribution in [1.29, 1.82) is 0 Å². The molecule has 1 heterocycles. The van der Waals surface area contributed by atoms with Crippen molar-refractivity contribution >= 4 is 0 Å². The zero-order valence-corrected chi connectivity index (χ0v) is 11.0. The second-order valence-corrected chi connectivity index (χ2v) is 5.84. The fraction of sp³-hybridized carbons (Fsp3) is 0.625. The van der Waals surface area contributed by atoms with Gasteiger partial charge in [0.15, 0.2) is 0 Å². The molecule has 2 unspecified atom stereocenters. The molecule has 2 atom stereocenters. The Balaban J connectivity index is 1.73. The van der Waals surface area contributed by atoms with Gasteiger partial charge in [0.25, 0.3) is 0 Å². The van der Waals surface area contributed by atoms with E-state index >= 15 is 0 Å². The van der Waals surface area contributed by atoms with Crippen molar-refractivity contribution in [3.05, 3.63) is 35.4 Å². The summed E-state index contributed by atoms with van der Waals surface area (Å²) in [6.07, 6.45) is 8.61. The highest BCUT2D eigenvalue weighted by molar-refractivity contribution is 5.35. The Morgan fingerprint density at radius 3 is 3.00 bits per heavy atom. The molecule has 0 spiro atoms. The minimum atomic E-state index is -0.110. The number of fused-ring (bicyclic) bond motifs is 1. The van der Waals surface area contributed by atoms with Gasteiger partial charge in [0.05, 0.1) is 6.10 Å². The molecule has 98 valence electrons. The molecule has 2 nitrogen and oxygen atoms in total. The predicted molar refractivity (Wildman–Crippen MR) is 73.5 cm³/mol. The minimum Gasteiger partial charge on any atom is -0.378 e. The average molecular weight is 245 g/mol. The molecule has 2 heteroatoms. The number of hydrogen-bond acceptors (Lipinski definition) is 2.